The molecule has 0 saturated heterocycles. The fourth-order valence-corrected chi connectivity index (χ4v) is 2.01. The number of amides is 1. The maximum atomic E-state index is 13.1. The third kappa shape index (κ3) is 4.11. The first kappa shape index (κ1) is 16.4. The third-order valence-corrected chi connectivity index (χ3v) is 3.18. The molecular weight excluding hydrogens is 333 g/mol. The summed E-state index contributed by atoms with van der Waals surface area (Å²) in [5, 5.41) is 12.9. The minimum absolute atomic E-state index is 0.0531. The van der Waals surface area contributed by atoms with Crippen LogP contribution in [0, 0.1) is 17.5 Å². The van der Waals surface area contributed by atoms with Gasteiger partial charge < -0.3 is 10.6 Å². The zero-order valence-corrected chi connectivity index (χ0v) is 12.6. The number of rotatable bonds is 4. The predicted molar refractivity (Wildman–Crippen MR) is 86.0 cm³/mol. The molecule has 0 aliphatic rings. The molecule has 0 saturated carbocycles. The highest BCUT2D eigenvalue weighted by molar-refractivity contribution is 6.03. The van der Waals surface area contributed by atoms with Crippen LogP contribution in [0.3, 0.4) is 0 Å². The van der Waals surface area contributed by atoms with Crippen molar-refractivity contribution in [1.82, 2.24) is 10.2 Å². The summed E-state index contributed by atoms with van der Waals surface area (Å²) in [5.74, 6) is -2.74. The molecule has 2 N–H and O–H groups in total. The highest BCUT2D eigenvalue weighted by Gasteiger charge is 2.11. The molecule has 126 valence electrons. The highest BCUT2D eigenvalue weighted by Crippen LogP contribution is 2.16. The summed E-state index contributed by atoms with van der Waals surface area (Å²) >= 11 is 0. The molecule has 5 nitrogen and oxygen atoms in total. The van der Waals surface area contributed by atoms with E-state index in [9.17, 15) is 18.0 Å². The Kier molecular flexibility index (Phi) is 4.60. The number of benzene rings is 2. The van der Waals surface area contributed by atoms with E-state index in [1.165, 1.54) is 24.3 Å². The van der Waals surface area contributed by atoms with E-state index in [1.54, 1.807) is 12.1 Å². The van der Waals surface area contributed by atoms with Crippen molar-refractivity contribution in [3.05, 3.63) is 77.6 Å². The van der Waals surface area contributed by atoms with Crippen molar-refractivity contribution in [2.75, 3.05) is 10.6 Å². The second-order valence-corrected chi connectivity index (χ2v) is 5.02. The third-order valence-electron chi connectivity index (χ3n) is 3.18. The number of hydrogen-bond donors (Lipinski definition) is 2. The minimum Gasteiger partial charge on any atom is -0.339 e. The monoisotopic (exact) mass is 344 g/mol. The van der Waals surface area contributed by atoms with Gasteiger partial charge in [0, 0.05) is 11.3 Å². The molecule has 1 amide bonds. The van der Waals surface area contributed by atoms with Crippen LogP contribution >= 0.6 is 0 Å². The number of aromatic nitrogens is 2. The fraction of sp³-hybridized carbons (Fsp3) is 0. The Labute approximate surface area is 140 Å². The summed E-state index contributed by atoms with van der Waals surface area (Å²) in [5.41, 5.74) is 0.440. The number of nitrogens with zero attached hydrogens (tertiary/aromatic N) is 2. The van der Waals surface area contributed by atoms with Crippen molar-refractivity contribution in [1.29, 1.82) is 0 Å². The summed E-state index contributed by atoms with van der Waals surface area (Å²) in [6.45, 7) is 0. The van der Waals surface area contributed by atoms with Crippen LogP contribution in [0.2, 0.25) is 0 Å². The summed E-state index contributed by atoms with van der Waals surface area (Å²) in [6, 6.07) is 11.6. The van der Waals surface area contributed by atoms with Crippen molar-refractivity contribution >= 4 is 23.2 Å². The van der Waals surface area contributed by atoms with E-state index in [4.69, 9.17) is 0 Å². The SMILES string of the molecule is O=C(Nc1ccc(Nc2cccc(F)c2)nn1)c1ccc(F)c(F)c1. The second-order valence-electron chi connectivity index (χ2n) is 5.02. The van der Waals surface area contributed by atoms with Crippen molar-refractivity contribution in [2.24, 2.45) is 0 Å². The molecule has 0 radical (unpaired) electrons. The number of carbonyl (C=O) groups excluding carboxylic acids is 1. The van der Waals surface area contributed by atoms with E-state index in [2.05, 4.69) is 20.8 Å². The lowest BCUT2D eigenvalue weighted by Gasteiger charge is -2.07. The van der Waals surface area contributed by atoms with Gasteiger partial charge in [-0.1, -0.05) is 6.07 Å². The molecule has 0 unspecified atom stereocenters. The zero-order valence-electron chi connectivity index (χ0n) is 12.6. The van der Waals surface area contributed by atoms with Crippen LogP contribution in [0.1, 0.15) is 10.4 Å². The normalized spacial score (nSPS) is 10.4. The average molecular weight is 344 g/mol. The Bertz CT molecular complexity index is 916. The molecule has 0 spiro atoms. The molecule has 1 heterocycles. The molecular formula is C17H11F3N4O. The molecule has 3 rings (SSSR count). The molecule has 25 heavy (non-hydrogen) atoms. The topological polar surface area (TPSA) is 66.9 Å². The molecule has 0 aliphatic carbocycles. The van der Waals surface area contributed by atoms with Crippen molar-refractivity contribution in [2.45, 2.75) is 0 Å². The largest absolute Gasteiger partial charge is 0.339 e. The minimum atomic E-state index is -1.12. The van der Waals surface area contributed by atoms with Crippen LogP contribution in [0.4, 0.5) is 30.5 Å². The summed E-state index contributed by atoms with van der Waals surface area (Å²) in [4.78, 5) is 12.0. The first-order valence-electron chi connectivity index (χ1n) is 7.14. The van der Waals surface area contributed by atoms with E-state index in [0.717, 1.165) is 18.2 Å². The number of hydrogen-bond acceptors (Lipinski definition) is 4. The number of nitrogens with one attached hydrogen (secondary N) is 2. The van der Waals surface area contributed by atoms with Crippen LogP contribution in [0.15, 0.2) is 54.6 Å². The van der Waals surface area contributed by atoms with E-state index in [1.807, 2.05) is 0 Å². The predicted octanol–water partition coefficient (Wildman–Crippen LogP) is 3.89. The Morgan fingerprint density at radius 3 is 2.28 bits per heavy atom. The molecule has 3 aromatic rings. The summed E-state index contributed by atoms with van der Waals surface area (Å²) in [6.07, 6.45) is 0. The molecule has 0 atom stereocenters. The molecule has 0 fully saturated rings. The van der Waals surface area contributed by atoms with Crippen LogP contribution < -0.4 is 10.6 Å². The number of halogens is 3. The van der Waals surface area contributed by atoms with E-state index < -0.39 is 23.4 Å². The Morgan fingerprint density at radius 2 is 1.60 bits per heavy atom. The Hall–Kier alpha value is -3.42. The molecule has 8 heteroatoms. The van der Waals surface area contributed by atoms with Gasteiger partial charge in [-0.05, 0) is 48.5 Å². The van der Waals surface area contributed by atoms with Gasteiger partial charge in [0.2, 0.25) is 0 Å². The van der Waals surface area contributed by atoms with E-state index in [-0.39, 0.29) is 11.4 Å². The van der Waals surface area contributed by atoms with Crippen molar-refractivity contribution < 1.29 is 18.0 Å². The zero-order chi connectivity index (χ0) is 17.8. The maximum absolute atomic E-state index is 13.1. The van der Waals surface area contributed by atoms with Gasteiger partial charge in [0.1, 0.15) is 5.82 Å². The van der Waals surface area contributed by atoms with Crippen molar-refractivity contribution in [3.63, 3.8) is 0 Å². The fourth-order valence-electron chi connectivity index (χ4n) is 2.01. The van der Waals surface area contributed by atoms with Crippen LogP contribution in [-0.4, -0.2) is 16.1 Å². The molecule has 0 bridgehead atoms. The highest BCUT2D eigenvalue weighted by atomic mass is 19.2. The average Bonchev–Trinajstić information content (AvgIpc) is 2.59. The smallest absolute Gasteiger partial charge is 0.256 e. The Balaban J connectivity index is 1.67. The lowest BCUT2D eigenvalue weighted by molar-refractivity contribution is 0.102. The van der Waals surface area contributed by atoms with Gasteiger partial charge in [-0.15, -0.1) is 10.2 Å². The van der Waals surface area contributed by atoms with Crippen LogP contribution in [-0.2, 0) is 0 Å². The second kappa shape index (κ2) is 7.00. The van der Waals surface area contributed by atoms with E-state index in [0.29, 0.717) is 11.5 Å². The Morgan fingerprint density at radius 1 is 0.840 bits per heavy atom. The van der Waals surface area contributed by atoms with Gasteiger partial charge in [-0.3, -0.25) is 4.79 Å². The number of carbonyl (C=O) groups is 1. The van der Waals surface area contributed by atoms with Gasteiger partial charge in [-0.25, -0.2) is 13.2 Å². The standard InChI is InChI=1S/C17H11F3N4O/c18-11-2-1-3-12(9-11)21-15-6-7-16(24-23-15)22-17(25)10-4-5-13(19)14(20)8-10/h1-9H,(H,21,23)(H,22,24,25). The van der Waals surface area contributed by atoms with Crippen LogP contribution in [0.25, 0.3) is 0 Å². The summed E-state index contributed by atoms with van der Waals surface area (Å²) in [7, 11) is 0. The van der Waals surface area contributed by atoms with Gasteiger partial charge in [-0.2, -0.15) is 0 Å². The lowest BCUT2D eigenvalue weighted by atomic mass is 10.2. The first-order valence-corrected chi connectivity index (χ1v) is 7.14. The number of anilines is 3. The van der Waals surface area contributed by atoms with Crippen LogP contribution in [0.5, 0.6) is 0 Å². The quantitative estimate of drug-likeness (QED) is 0.753. The van der Waals surface area contributed by atoms with Gasteiger partial charge >= 0.3 is 0 Å². The maximum Gasteiger partial charge on any atom is 0.256 e. The summed E-state index contributed by atoms with van der Waals surface area (Å²) < 4.78 is 39.1. The van der Waals surface area contributed by atoms with Gasteiger partial charge in [0.05, 0.1) is 0 Å². The first-order chi connectivity index (χ1) is 12.0. The van der Waals surface area contributed by atoms with Gasteiger partial charge in [0.25, 0.3) is 5.91 Å². The lowest BCUT2D eigenvalue weighted by Crippen LogP contribution is -2.14. The molecule has 1 aromatic heterocycles. The van der Waals surface area contributed by atoms with E-state index >= 15 is 0 Å². The molecule has 0 aliphatic heterocycles. The molecule has 2 aromatic carbocycles. The van der Waals surface area contributed by atoms with Gasteiger partial charge in [0.15, 0.2) is 23.3 Å². The van der Waals surface area contributed by atoms with Crippen molar-refractivity contribution in [3.8, 4) is 0 Å².